The first-order chi connectivity index (χ1) is 9.47. The van der Waals surface area contributed by atoms with E-state index in [9.17, 15) is 10.1 Å². The van der Waals surface area contributed by atoms with Crippen LogP contribution >= 0.6 is 0 Å². The van der Waals surface area contributed by atoms with E-state index in [0.29, 0.717) is 11.5 Å². The molecule has 110 valence electrons. The topological polar surface area (TPSA) is 62.5 Å². The number of nitro groups is 1. The second-order valence-electron chi connectivity index (χ2n) is 5.78. The van der Waals surface area contributed by atoms with Crippen molar-refractivity contribution < 1.29 is 4.92 Å². The normalized spacial score (nSPS) is 18.8. The molecule has 0 spiro atoms. The number of hydrogen-bond acceptors (Lipinski definition) is 5. The van der Waals surface area contributed by atoms with Gasteiger partial charge in [0.1, 0.15) is 12.0 Å². The standard InChI is InChI=1S/C14H22N4O2/c1-11-8-14(15-9-13(11)18(19)20)17-7-5-12(10-17)4-6-16(2)3/h8-9,12H,4-7,10H2,1-3H3. The monoisotopic (exact) mass is 278 g/mol. The van der Waals surface area contributed by atoms with Crippen molar-refractivity contribution in [2.45, 2.75) is 19.8 Å². The fourth-order valence-electron chi connectivity index (χ4n) is 2.62. The maximum Gasteiger partial charge on any atom is 0.290 e. The van der Waals surface area contributed by atoms with Gasteiger partial charge in [0.25, 0.3) is 5.69 Å². The van der Waals surface area contributed by atoms with Crippen LogP contribution in [0.5, 0.6) is 0 Å². The molecule has 0 amide bonds. The number of hydrogen-bond donors (Lipinski definition) is 0. The molecule has 0 bridgehead atoms. The Morgan fingerprint density at radius 3 is 2.90 bits per heavy atom. The van der Waals surface area contributed by atoms with Crippen LogP contribution in [0.25, 0.3) is 0 Å². The number of aromatic nitrogens is 1. The smallest absolute Gasteiger partial charge is 0.290 e. The molecule has 0 saturated carbocycles. The van der Waals surface area contributed by atoms with Crippen molar-refractivity contribution in [1.29, 1.82) is 0 Å². The molecule has 0 radical (unpaired) electrons. The van der Waals surface area contributed by atoms with Crippen LogP contribution in [-0.2, 0) is 0 Å². The number of aryl methyl sites for hydroxylation is 1. The quantitative estimate of drug-likeness (QED) is 0.609. The van der Waals surface area contributed by atoms with Crippen molar-refractivity contribution in [3.05, 3.63) is 27.9 Å². The van der Waals surface area contributed by atoms with Gasteiger partial charge < -0.3 is 9.80 Å². The second-order valence-corrected chi connectivity index (χ2v) is 5.78. The minimum absolute atomic E-state index is 0.0945. The van der Waals surface area contributed by atoms with E-state index < -0.39 is 0 Å². The van der Waals surface area contributed by atoms with Gasteiger partial charge in [-0.1, -0.05) is 0 Å². The largest absolute Gasteiger partial charge is 0.356 e. The summed E-state index contributed by atoms with van der Waals surface area (Å²) in [5.74, 6) is 1.55. The van der Waals surface area contributed by atoms with Crippen LogP contribution < -0.4 is 4.90 Å². The van der Waals surface area contributed by atoms with E-state index in [1.165, 1.54) is 19.0 Å². The van der Waals surface area contributed by atoms with Crippen LogP contribution in [-0.4, -0.2) is 48.5 Å². The molecule has 0 aliphatic carbocycles. The molecule has 20 heavy (non-hydrogen) atoms. The van der Waals surface area contributed by atoms with Crippen molar-refractivity contribution in [2.24, 2.45) is 5.92 Å². The first-order valence-electron chi connectivity index (χ1n) is 6.98. The average molecular weight is 278 g/mol. The SMILES string of the molecule is Cc1cc(N2CCC(CCN(C)C)C2)ncc1[N+](=O)[O-]. The molecule has 2 heterocycles. The van der Waals surface area contributed by atoms with Gasteiger partial charge in [-0.3, -0.25) is 10.1 Å². The van der Waals surface area contributed by atoms with Gasteiger partial charge in [0, 0.05) is 18.7 Å². The maximum atomic E-state index is 10.8. The number of pyridine rings is 1. The fourth-order valence-corrected chi connectivity index (χ4v) is 2.62. The van der Waals surface area contributed by atoms with E-state index in [1.807, 2.05) is 6.07 Å². The highest BCUT2D eigenvalue weighted by Gasteiger charge is 2.24. The van der Waals surface area contributed by atoms with E-state index in [2.05, 4.69) is 28.9 Å². The van der Waals surface area contributed by atoms with E-state index in [0.717, 1.165) is 25.5 Å². The van der Waals surface area contributed by atoms with Crippen LogP contribution in [0, 0.1) is 23.0 Å². The van der Waals surface area contributed by atoms with Crippen molar-refractivity contribution in [3.63, 3.8) is 0 Å². The first-order valence-corrected chi connectivity index (χ1v) is 6.98. The third-order valence-electron chi connectivity index (χ3n) is 3.86. The van der Waals surface area contributed by atoms with Crippen molar-refractivity contribution >= 4 is 11.5 Å². The Labute approximate surface area is 119 Å². The fraction of sp³-hybridized carbons (Fsp3) is 0.643. The van der Waals surface area contributed by atoms with E-state index >= 15 is 0 Å². The Bertz CT molecular complexity index is 490. The highest BCUT2D eigenvalue weighted by atomic mass is 16.6. The van der Waals surface area contributed by atoms with E-state index in [-0.39, 0.29) is 10.6 Å². The summed E-state index contributed by atoms with van der Waals surface area (Å²) < 4.78 is 0. The molecule has 6 heteroatoms. The molecular formula is C14H22N4O2. The molecule has 1 unspecified atom stereocenters. The third-order valence-corrected chi connectivity index (χ3v) is 3.86. The molecule has 1 atom stereocenters. The maximum absolute atomic E-state index is 10.8. The van der Waals surface area contributed by atoms with Gasteiger partial charge in [-0.15, -0.1) is 0 Å². The average Bonchev–Trinajstić information content (AvgIpc) is 2.84. The van der Waals surface area contributed by atoms with E-state index in [1.54, 1.807) is 6.92 Å². The summed E-state index contributed by atoms with van der Waals surface area (Å²) in [6.45, 7) is 4.86. The van der Waals surface area contributed by atoms with Crippen LogP contribution in [0.3, 0.4) is 0 Å². The van der Waals surface area contributed by atoms with Gasteiger partial charge in [-0.05, 0) is 52.4 Å². The lowest BCUT2D eigenvalue weighted by molar-refractivity contribution is -0.385. The second kappa shape index (κ2) is 6.17. The molecule has 1 aromatic rings. The van der Waals surface area contributed by atoms with Gasteiger partial charge in [-0.2, -0.15) is 0 Å². The molecule has 1 saturated heterocycles. The van der Waals surface area contributed by atoms with Gasteiger partial charge >= 0.3 is 0 Å². The van der Waals surface area contributed by atoms with Crippen LogP contribution in [0.2, 0.25) is 0 Å². The molecule has 1 aromatic heterocycles. The molecular weight excluding hydrogens is 256 g/mol. The minimum Gasteiger partial charge on any atom is -0.356 e. The highest BCUT2D eigenvalue weighted by Crippen LogP contribution is 2.27. The zero-order valence-corrected chi connectivity index (χ0v) is 12.4. The molecule has 0 aromatic carbocycles. The summed E-state index contributed by atoms with van der Waals surface area (Å²) >= 11 is 0. The Morgan fingerprint density at radius 1 is 1.55 bits per heavy atom. The summed E-state index contributed by atoms with van der Waals surface area (Å²) in [5.41, 5.74) is 0.772. The predicted molar refractivity (Wildman–Crippen MR) is 79.1 cm³/mol. The predicted octanol–water partition coefficient (Wildman–Crippen LogP) is 2.08. The lowest BCUT2D eigenvalue weighted by Crippen LogP contribution is -2.22. The minimum atomic E-state index is -0.379. The van der Waals surface area contributed by atoms with Gasteiger partial charge in [-0.25, -0.2) is 4.98 Å². The summed E-state index contributed by atoms with van der Waals surface area (Å²) in [5, 5.41) is 10.8. The molecule has 0 N–H and O–H groups in total. The Morgan fingerprint density at radius 2 is 2.30 bits per heavy atom. The molecule has 6 nitrogen and oxygen atoms in total. The summed E-state index contributed by atoms with van der Waals surface area (Å²) in [7, 11) is 4.18. The highest BCUT2D eigenvalue weighted by molar-refractivity contribution is 5.49. The Hall–Kier alpha value is -1.69. The van der Waals surface area contributed by atoms with Gasteiger partial charge in [0.15, 0.2) is 0 Å². The van der Waals surface area contributed by atoms with Crippen molar-refractivity contribution in [2.75, 3.05) is 38.6 Å². The summed E-state index contributed by atoms with van der Waals surface area (Å²) in [4.78, 5) is 19.1. The summed E-state index contributed by atoms with van der Waals surface area (Å²) in [6, 6.07) is 1.83. The number of nitrogens with zero attached hydrogens (tertiary/aromatic N) is 4. The third kappa shape index (κ3) is 3.45. The lowest BCUT2D eigenvalue weighted by atomic mass is 10.1. The first kappa shape index (κ1) is 14.7. The van der Waals surface area contributed by atoms with Crippen molar-refractivity contribution in [1.82, 2.24) is 9.88 Å². The number of rotatable bonds is 5. The van der Waals surface area contributed by atoms with Crippen molar-refractivity contribution in [3.8, 4) is 0 Å². The molecule has 1 aliphatic rings. The molecule has 2 rings (SSSR count). The molecule has 1 aliphatic heterocycles. The molecule has 1 fully saturated rings. The zero-order chi connectivity index (χ0) is 14.7. The van der Waals surface area contributed by atoms with Crippen LogP contribution in [0.4, 0.5) is 11.5 Å². The van der Waals surface area contributed by atoms with Gasteiger partial charge in [0.05, 0.1) is 4.92 Å². The lowest BCUT2D eigenvalue weighted by Gasteiger charge is -2.18. The van der Waals surface area contributed by atoms with Gasteiger partial charge in [0.2, 0.25) is 0 Å². The Kier molecular flexibility index (Phi) is 4.54. The summed E-state index contributed by atoms with van der Waals surface area (Å²) in [6.07, 6.45) is 3.73. The Balaban J connectivity index is 1.99. The number of anilines is 1. The van der Waals surface area contributed by atoms with Crippen LogP contribution in [0.15, 0.2) is 12.3 Å². The van der Waals surface area contributed by atoms with Crippen LogP contribution in [0.1, 0.15) is 18.4 Å². The zero-order valence-electron chi connectivity index (χ0n) is 12.4. The van der Waals surface area contributed by atoms with E-state index in [4.69, 9.17) is 0 Å².